The van der Waals surface area contributed by atoms with Crippen LogP contribution in [0.1, 0.15) is 49.3 Å². The molecule has 1 N–H and O–H groups in total. The fourth-order valence-electron chi connectivity index (χ4n) is 2.27. The first-order chi connectivity index (χ1) is 9.52. The Labute approximate surface area is 119 Å². The SMILES string of the molecule is CCn1nc(C(C)C)cc1C(=O)N1CCCNC(=O)C1. The monoisotopic (exact) mass is 278 g/mol. The number of carbonyl (C=O) groups excluding carboxylic acids is 2. The molecule has 6 nitrogen and oxygen atoms in total. The fourth-order valence-corrected chi connectivity index (χ4v) is 2.27. The van der Waals surface area contributed by atoms with E-state index in [0.29, 0.717) is 25.3 Å². The molecule has 0 spiro atoms. The van der Waals surface area contributed by atoms with E-state index in [9.17, 15) is 9.59 Å². The molecule has 1 aromatic heterocycles. The molecular weight excluding hydrogens is 256 g/mol. The van der Waals surface area contributed by atoms with Crippen LogP contribution in [-0.2, 0) is 11.3 Å². The summed E-state index contributed by atoms with van der Waals surface area (Å²) in [5, 5.41) is 7.23. The van der Waals surface area contributed by atoms with Crippen LogP contribution in [0.4, 0.5) is 0 Å². The lowest BCUT2D eigenvalue weighted by atomic mass is 10.1. The van der Waals surface area contributed by atoms with Crippen LogP contribution in [0.2, 0.25) is 0 Å². The molecule has 1 saturated heterocycles. The zero-order valence-electron chi connectivity index (χ0n) is 12.3. The largest absolute Gasteiger partial charge is 0.354 e. The second-order valence-electron chi connectivity index (χ2n) is 5.36. The van der Waals surface area contributed by atoms with Crippen molar-refractivity contribution in [2.24, 2.45) is 0 Å². The van der Waals surface area contributed by atoms with E-state index in [1.165, 1.54) is 0 Å². The van der Waals surface area contributed by atoms with Gasteiger partial charge in [-0.3, -0.25) is 14.3 Å². The molecule has 0 bridgehead atoms. The molecule has 1 aliphatic heterocycles. The van der Waals surface area contributed by atoms with Gasteiger partial charge in [-0.2, -0.15) is 5.10 Å². The maximum absolute atomic E-state index is 12.6. The summed E-state index contributed by atoms with van der Waals surface area (Å²) >= 11 is 0. The van der Waals surface area contributed by atoms with Gasteiger partial charge in [0, 0.05) is 19.6 Å². The molecule has 110 valence electrons. The minimum Gasteiger partial charge on any atom is -0.354 e. The van der Waals surface area contributed by atoms with Crippen LogP contribution in [0.3, 0.4) is 0 Å². The van der Waals surface area contributed by atoms with Gasteiger partial charge in [0.2, 0.25) is 5.91 Å². The minimum atomic E-state index is -0.108. The Morgan fingerprint density at radius 1 is 1.50 bits per heavy atom. The zero-order chi connectivity index (χ0) is 14.7. The molecule has 0 unspecified atom stereocenters. The second kappa shape index (κ2) is 6.07. The topological polar surface area (TPSA) is 67.2 Å². The number of hydrogen-bond acceptors (Lipinski definition) is 3. The summed E-state index contributed by atoms with van der Waals surface area (Å²) in [5.41, 5.74) is 1.49. The van der Waals surface area contributed by atoms with Crippen LogP contribution in [0, 0.1) is 0 Å². The highest BCUT2D eigenvalue weighted by molar-refractivity contribution is 5.95. The summed E-state index contributed by atoms with van der Waals surface area (Å²) in [6.07, 6.45) is 0.786. The number of rotatable bonds is 3. The average molecular weight is 278 g/mol. The van der Waals surface area contributed by atoms with E-state index in [4.69, 9.17) is 0 Å². The van der Waals surface area contributed by atoms with Crippen molar-refractivity contribution in [2.75, 3.05) is 19.6 Å². The molecule has 0 aliphatic carbocycles. The third-order valence-electron chi connectivity index (χ3n) is 3.46. The predicted octanol–water partition coefficient (Wildman–Crippen LogP) is 0.988. The average Bonchev–Trinajstić information content (AvgIpc) is 2.74. The van der Waals surface area contributed by atoms with Crippen molar-refractivity contribution in [3.05, 3.63) is 17.5 Å². The summed E-state index contributed by atoms with van der Waals surface area (Å²) in [4.78, 5) is 25.8. The summed E-state index contributed by atoms with van der Waals surface area (Å²) in [5.74, 6) is 0.0765. The molecule has 1 fully saturated rings. The Morgan fingerprint density at radius 2 is 2.25 bits per heavy atom. The van der Waals surface area contributed by atoms with Gasteiger partial charge in [0.25, 0.3) is 5.91 Å². The Balaban J connectivity index is 2.25. The van der Waals surface area contributed by atoms with Crippen molar-refractivity contribution < 1.29 is 9.59 Å². The van der Waals surface area contributed by atoms with Crippen molar-refractivity contribution in [3.63, 3.8) is 0 Å². The molecule has 0 aromatic carbocycles. The molecule has 2 heterocycles. The van der Waals surface area contributed by atoms with Crippen molar-refractivity contribution >= 4 is 11.8 Å². The lowest BCUT2D eigenvalue weighted by Gasteiger charge is -2.19. The maximum Gasteiger partial charge on any atom is 0.272 e. The molecule has 20 heavy (non-hydrogen) atoms. The first-order valence-electron chi connectivity index (χ1n) is 7.16. The van der Waals surface area contributed by atoms with Gasteiger partial charge in [-0.25, -0.2) is 0 Å². The quantitative estimate of drug-likeness (QED) is 0.896. The highest BCUT2D eigenvalue weighted by Gasteiger charge is 2.24. The normalized spacial score (nSPS) is 16.2. The van der Waals surface area contributed by atoms with Crippen molar-refractivity contribution in [3.8, 4) is 0 Å². The van der Waals surface area contributed by atoms with Gasteiger partial charge >= 0.3 is 0 Å². The van der Waals surface area contributed by atoms with Crippen LogP contribution < -0.4 is 5.32 Å². The summed E-state index contributed by atoms with van der Waals surface area (Å²) in [6.45, 7) is 8.07. The second-order valence-corrected chi connectivity index (χ2v) is 5.36. The maximum atomic E-state index is 12.6. The van der Waals surface area contributed by atoms with Crippen molar-refractivity contribution in [2.45, 2.75) is 39.7 Å². The van der Waals surface area contributed by atoms with E-state index in [-0.39, 0.29) is 24.3 Å². The first-order valence-corrected chi connectivity index (χ1v) is 7.16. The van der Waals surface area contributed by atoms with Gasteiger partial charge in [0.1, 0.15) is 5.69 Å². The molecule has 0 atom stereocenters. The molecule has 0 saturated carbocycles. The number of nitrogens with zero attached hydrogens (tertiary/aromatic N) is 3. The molecule has 1 aliphatic rings. The highest BCUT2D eigenvalue weighted by atomic mass is 16.2. The van der Waals surface area contributed by atoms with Gasteiger partial charge in [-0.1, -0.05) is 13.8 Å². The lowest BCUT2D eigenvalue weighted by molar-refractivity contribution is -0.121. The molecule has 2 amide bonds. The Hall–Kier alpha value is -1.85. The molecule has 0 radical (unpaired) electrons. The Bertz CT molecular complexity index is 507. The van der Waals surface area contributed by atoms with E-state index >= 15 is 0 Å². The van der Waals surface area contributed by atoms with Crippen LogP contribution >= 0.6 is 0 Å². The van der Waals surface area contributed by atoms with E-state index in [1.54, 1.807) is 9.58 Å². The number of nitrogens with one attached hydrogen (secondary N) is 1. The standard InChI is InChI=1S/C14H22N4O2/c1-4-18-12(8-11(16-18)10(2)3)14(20)17-7-5-6-15-13(19)9-17/h8,10H,4-7,9H2,1-3H3,(H,15,19). The third-order valence-corrected chi connectivity index (χ3v) is 3.46. The van der Waals surface area contributed by atoms with Crippen LogP contribution in [0.15, 0.2) is 6.07 Å². The van der Waals surface area contributed by atoms with E-state index in [1.807, 2.05) is 13.0 Å². The Kier molecular flexibility index (Phi) is 4.42. The molecule has 6 heteroatoms. The number of amides is 2. The summed E-state index contributed by atoms with van der Waals surface area (Å²) in [7, 11) is 0. The smallest absolute Gasteiger partial charge is 0.272 e. The zero-order valence-corrected chi connectivity index (χ0v) is 12.3. The van der Waals surface area contributed by atoms with Crippen LogP contribution in [0.25, 0.3) is 0 Å². The lowest BCUT2D eigenvalue weighted by Crippen LogP contribution is -2.38. The number of hydrogen-bond donors (Lipinski definition) is 1. The van der Waals surface area contributed by atoms with Crippen LogP contribution in [0.5, 0.6) is 0 Å². The van der Waals surface area contributed by atoms with Crippen molar-refractivity contribution in [1.82, 2.24) is 20.0 Å². The molecule has 1 aromatic rings. The summed E-state index contributed by atoms with van der Waals surface area (Å²) in [6, 6.07) is 1.85. The van der Waals surface area contributed by atoms with E-state index in [2.05, 4.69) is 24.3 Å². The number of carbonyl (C=O) groups is 2. The summed E-state index contributed by atoms with van der Waals surface area (Å²) < 4.78 is 1.72. The van der Waals surface area contributed by atoms with Crippen LogP contribution in [-0.4, -0.2) is 46.1 Å². The van der Waals surface area contributed by atoms with Gasteiger partial charge in [-0.05, 0) is 25.3 Å². The minimum absolute atomic E-state index is 0.0949. The van der Waals surface area contributed by atoms with Gasteiger partial charge < -0.3 is 10.2 Å². The predicted molar refractivity (Wildman–Crippen MR) is 75.5 cm³/mol. The first kappa shape index (κ1) is 14.6. The van der Waals surface area contributed by atoms with Gasteiger partial charge in [0.05, 0.1) is 12.2 Å². The number of aromatic nitrogens is 2. The van der Waals surface area contributed by atoms with Gasteiger partial charge in [0.15, 0.2) is 0 Å². The van der Waals surface area contributed by atoms with E-state index in [0.717, 1.165) is 12.1 Å². The molecular formula is C14H22N4O2. The third kappa shape index (κ3) is 3.00. The van der Waals surface area contributed by atoms with Gasteiger partial charge in [-0.15, -0.1) is 0 Å². The van der Waals surface area contributed by atoms with E-state index < -0.39 is 0 Å². The fraction of sp³-hybridized carbons (Fsp3) is 0.643. The number of aryl methyl sites for hydroxylation is 1. The van der Waals surface area contributed by atoms with Crippen molar-refractivity contribution in [1.29, 1.82) is 0 Å². The molecule has 2 rings (SSSR count). The Morgan fingerprint density at radius 3 is 2.90 bits per heavy atom. The highest BCUT2D eigenvalue weighted by Crippen LogP contribution is 2.16.